The topological polar surface area (TPSA) is 92.3 Å². The fraction of sp³-hybridized carbons (Fsp3) is 0.235. The number of nitrogens with zero attached hydrogens (tertiary/aromatic N) is 3. The molecule has 146 valence electrons. The first-order valence-corrected chi connectivity index (χ1v) is 11.4. The summed E-state index contributed by atoms with van der Waals surface area (Å²) in [6.07, 6.45) is 1.74. The first-order valence-electron chi connectivity index (χ1n) is 8.31. The Morgan fingerprint density at radius 1 is 1.32 bits per heavy atom. The van der Waals surface area contributed by atoms with Crippen LogP contribution in [0.25, 0.3) is 10.6 Å². The van der Waals surface area contributed by atoms with Gasteiger partial charge in [-0.3, -0.25) is 4.79 Å². The molecule has 7 nitrogen and oxygen atoms in total. The van der Waals surface area contributed by atoms with Crippen LogP contribution in [0.15, 0.2) is 34.7 Å². The van der Waals surface area contributed by atoms with Crippen LogP contribution in [0.2, 0.25) is 0 Å². The molecule has 4 rings (SSSR count). The van der Waals surface area contributed by atoms with Gasteiger partial charge in [-0.15, -0.1) is 11.3 Å². The standard InChI is InChI=1S/C17H15FN4O3S3/c1-10(23)20-17-19-8-15(27-17)28(24,25)22-6-5-13-14(9-22)26-16(21-13)11-3-2-4-12(18)7-11/h2-4,7-8H,5-6,9H2,1H3,(H,19,20,23). The van der Waals surface area contributed by atoms with Crippen molar-refractivity contribution in [2.75, 3.05) is 11.9 Å². The van der Waals surface area contributed by atoms with Gasteiger partial charge in [-0.2, -0.15) is 4.31 Å². The van der Waals surface area contributed by atoms with Crippen LogP contribution in [0, 0.1) is 5.82 Å². The summed E-state index contributed by atoms with van der Waals surface area (Å²) in [5.41, 5.74) is 1.52. The van der Waals surface area contributed by atoms with Crippen LogP contribution in [0.4, 0.5) is 9.52 Å². The molecule has 1 aromatic carbocycles. The molecule has 3 heterocycles. The number of hydrogen-bond donors (Lipinski definition) is 1. The minimum atomic E-state index is -3.72. The summed E-state index contributed by atoms with van der Waals surface area (Å²) < 4.78 is 40.8. The van der Waals surface area contributed by atoms with Crippen molar-refractivity contribution in [2.24, 2.45) is 0 Å². The van der Waals surface area contributed by atoms with Crippen molar-refractivity contribution in [1.82, 2.24) is 14.3 Å². The monoisotopic (exact) mass is 438 g/mol. The van der Waals surface area contributed by atoms with E-state index in [2.05, 4.69) is 15.3 Å². The van der Waals surface area contributed by atoms with Gasteiger partial charge in [-0.1, -0.05) is 23.5 Å². The SMILES string of the molecule is CC(=O)Nc1ncc(S(=O)(=O)N2CCc3nc(-c4cccc(F)c4)sc3C2)s1. The molecule has 1 aliphatic rings. The number of hydrogen-bond acceptors (Lipinski definition) is 7. The number of amides is 1. The second kappa shape index (κ2) is 7.32. The number of fused-ring (bicyclic) bond motifs is 1. The Morgan fingerprint density at radius 3 is 2.89 bits per heavy atom. The summed E-state index contributed by atoms with van der Waals surface area (Å²) in [4.78, 5) is 20.5. The molecule has 2 aromatic heterocycles. The highest BCUT2D eigenvalue weighted by Crippen LogP contribution is 2.35. The van der Waals surface area contributed by atoms with E-state index in [-0.39, 0.29) is 27.6 Å². The van der Waals surface area contributed by atoms with Gasteiger partial charge in [0.25, 0.3) is 10.0 Å². The lowest BCUT2D eigenvalue weighted by atomic mass is 10.2. The van der Waals surface area contributed by atoms with Crippen LogP contribution in [-0.2, 0) is 27.8 Å². The second-order valence-corrected chi connectivity index (χ2v) is 10.4. The average Bonchev–Trinajstić information content (AvgIpc) is 3.27. The zero-order valence-electron chi connectivity index (χ0n) is 14.7. The number of thiazole rings is 2. The van der Waals surface area contributed by atoms with Crippen LogP contribution in [-0.4, -0.2) is 35.1 Å². The maximum absolute atomic E-state index is 13.5. The van der Waals surface area contributed by atoms with E-state index in [9.17, 15) is 17.6 Å². The van der Waals surface area contributed by atoms with Gasteiger partial charge >= 0.3 is 0 Å². The summed E-state index contributed by atoms with van der Waals surface area (Å²) in [5, 5.41) is 3.41. The number of halogens is 1. The number of aromatic nitrogens is 2. The first kappa shape index (κ1) is 19.1. The van der Waals surface area contributed by atoms with Crippen LogP contribution in [0.5, 0.6) is 0 Å². The Balaban J connectivity index is 1.58. The fourth-order valence-corrected chi connectivity index (χ4v) is 6.68. The first-order chi connectivity index (χ1) is 13.3. The predicted molar refractivity (Wildman–Crippen MR) is 105 cm³/mol. The summed E-state index contributed by atoms with van der Waals surface area (Å²) in [6.45, 7) is 1.84. The number of rotatable bonds is 4. The average molecular weight is 439 g/mol. The van der Waals surface area contributed by atoms with Crippen LogP contribution in [0.3, 0.4) is 0 Å². The second-order valence-electron chi connectivity index (χ2n) is 6.15. The van der Waals surface area contributed by atoms with Crippen LogP contribution < -0.4 is 5.32 Å². The molecule has 0 radical (unpaired) electrons. The van der Waals surface area contributed by atoms with Gasteiger partial charge in [0, 0.05) is 30.3 Å². The molecule has 0 spiro atoms. The predicted octanol–water partition coefficient (Wildman–Crippen LogP) is 3.11. The molecule has 0 unspecified atom stereocenters. The molecule has 3 aromatic rings. The molecule has 0 aliphatic carbocycles. The van der Waals surface area contributed by atoms with E-state index in [4.69, 9.17) is 0 Å². The van der Waals surface area contributed by atoms with Gasteiger partial charge in [0.2, 0.25) is 5.91 Å². The molecule has 1 aliphatic heterocycles. The molecule has 28 heavy (non-hydrogen) atoms. The highest BCUT2D eigenvalue weighted by Gasteiger charge is 2.32. The fourth-order valence-electron chi connectivity index (χ4n) is 2.84. The quantitative estimate of drug-likeness (QED) is 0.676. The highest BCUT2D eigenvalue weighted by atomic mass is 32.2. The highest BCUT2D eigenvalue weighted by molar-refractivity contribution is 7.91. The van der Waals surface area contributed by atoms with E-state index in [0.29, 0.717) is 23.5 Å². The minimum absolute atomic E-state index is 0.0783. The summed E-state index contributed by atoms with van der Waals surface area (Å²) >= 11 is 2.29. The van der Waals surface area contributed by atoms with Crippen LogP contribution in [0.1, 0.15) is 17.5 Å². The van der Waals surface area contributed by atoms with Crippen molar-refractivity contribution < 1.29 is 17.6 Å². The Kier molecular flexibility index (Phi) is 5.00. The lowest BCUT2D eigenvalue weighted by Crippen LogP contribution is -2.35. The number of carbonyl (C=O) groups excluding carboxylic acids is 1. The Labute approximate surface area is 168 Å². The number of benzene rings is 1. The molecule has 0 saturated carbocycles. The van der Waals surface area contributed by atoms with Gasteiger partial charge in [-0.05, 0) is 12.1 Å². The smallest absolute Gasteiger partial charge is 0.254 e. The van der Waals surface area contributed by atoms with Crippen LogP contribution >= 0.6 is 22.7 Å². The van der Waals surface area contributed by atoms with E-state index < -0.39 is 10.0 Å². The summed E-state index contributed by atoms with van der Waals surface area (Å²) in [6, 6.07) is 6.19. The molecule has 1 amide bonds. The van der Waals surface area contributed by atoms with Gasteiger partial charge in [0.15, 0.2) is 9.34 Å². The zero-order valence-corrected chi connectivity index (χ0v) is 17.1. The Morgan fingerprint density at radius 2 is 2.14 bits per heavy atom. The van der Waals surface area contributed by atoms with Crippen molar-refractivity contribution in [2.45, 2.75) is 24.1 Å². The van der Waals surface area contributed by atoms with Gasteiger partial charge < -0.3 is 5.32 Å². The molecule has 0 saturated heterocycles. The molecular formula is C17H15FN4O3S3. The van der Waals surface area contributed by atoms with Gasteiger partial charge in [0.05, 0.1) is 18.4 Å². The van der Waals surface area contributed by atoms with E-state index in [1.54, 1.807) is 12.1 Å². The third-order valence-corrected chi connectivity index (χ3v) is 8.46. The van der Waals surface area contributed by atoms with Crippen molar-refractivity contribution in [1.29, 1.82) is 0 Å². The number of anilines is 1. The van der Waals surface area contributed by atoms with Crippen molar-refractivity contribution in [3.63, 3.8) is 0 Å². The largest absolute Gasteiger partial charge is 0.302 e. The number of carbonyl (C=O) groups is 1. The zero-order chi connectivity index (χ0) is 19.9. The molecule has 0 atom stereocenters. The lowest BCUT2D eigenvalue weighted by molar-refractivity contribution is -0.114. The third kappa shape index (κ3) is 3.70. The Bertz CT molecular complexity index is 1160. The van der Waals surface area contributed by atoms with Gasteiger partial charge in [0.1, 0.15) is 10.8 Å². The van der Waals surface area contributed by atoms with E-state index >= 15 is 0 Å². The van der Waals surface area contributed by atoms with E-state index in [1.807, 2.05) is 0 Å². The summed E-state index contributed by atoms with van der Waals surface area (Å²) in [7, 11) is -3.72. The normalized spacial score (nSPS) is 14.6. The maximum Gasteiger partial charge on any atom is 0.254 e. The van der Waals surface area contributed by atoms with Crippen molar-refractivity contribution in [3.8, 4) is 10.6 Å². The third-order valence-electron chi connectivity index (χ3n) is 4.13. The lowest BCUT2D eigenvalue weighted by Gasteiger charge is -2.24. The molecule has 1 N–H and O–H groups in total. The summed E-state index contributed by atoms with van der Waals surface area (Å²) in [5.74, 6) is -0.648. The van der Waals surface area contributed by atoms with E-state index in [0.717, 1.165) is 21.9 Å². The maximum atomic E-state index is 13.5. The van der Waals surface area contributed by atoms with Crippen molar-refractivity contribution >= 4 is 43.7 Å². The molecule has 11 heteroatoms. The van der Waals surface area contributed by atoms with Crippen molar-refractivity contribution in [3.05, 3.63) is 46.9 Å². The Hall–Kier alpha value is -2.21. The molecule has 0 bridgehead atoms. The van der Waals surface area contributed by atoms with E-state index in [1.165, 1.54) is 40.9 Å². The minimum Gasteiger partial charge on any atom is -0.302 e. The number of nitrogens with one attached hydrogen (secondary N) is 1. The molecular weight excluding hydrogens is 423 g/mol. The molecule has 0 fully saturated rings. The van der Waals surface area contributed by atoms with Gasteiger partial charge in [-0.25, -0.2) is 22.8 Å². The number of sulfonamides is 1.